The Bertz CT molecular complexity index is 629. The van der Waals surface area contributed by atoms with Crippen LogP contribution >= 0.6 is 12.2 Å². The van der Waals surface area contributed by atoms with Crippen molar-refractivity contribution < 1.29 is 17.7 Å². The molecule has 0 saturated carbocycles. The zero-order chi connectivity index (χ0) is 14.2. The number of likely N-dealkylation sites (tertiary alicyclic amines) is 1. The van der Waals surface area contributed by atoms with Gasteiger partial charge in [0.1, 0.15) is 0 Å². The molecule has 1 aromatic rings. The lowest BCUT2D eigenvalue weighted by atomic mass is 10.1. The van der Waals surface area contributed by atoms with Gasteiger partial charge in [0.05, 0.1) is 30.5 Å². The lowest BCUT2D eigenvalue weighted by Gasteiger charge is -2.22. The molecule has 2 aliphatic heterocycles. The van der Waals surface area contributed by atoms with Gasteiger partial charge < -0.3 is 9.32 Å². The van der Waals surface area contributed by atoms with Gasteiger partial charge >= 0.3 is 0 Å². The van der Waals surface area contributed by atoms with Crippen LogP contribution in [0.15, 0.2) is 4.42 Å². The molecule has 0 bridgehead atoms. The van der Waals surface area contributed by atoms with E-state index in [1.165, 1.54) is 24.2 Å². The highest BCUT2D eigenvalue weighted by Gasteiger charge is 2.33. The predicted octanol–water partition coefficient (Wildman–Crippen LogP) is 0.134. The highest BCUT2D eigenvalue weighted by molar-refractivity contribution is 7.91. The number of aromatic nitrogens is 2. The van der Waals surface area contributed by atoms with Crippen molar-refractivity contribution in [3.05, 3.63) is 10.7 Å². The number of rotatable bonds is 3. The molecule has 2 saturated heterocycles. The summed E-state index contributed by atoms with van der Waals surface area (Å²) in [6.07, 6.45) is 4.38. The Balaban J connectivity index is 1.72. The van der Waals surface area contributed by atoms with Crippen LogP contribution in [0, 0.1) is 4.84 Å². The van der Waals surface area contributed by atoms with Gasteiger partial charge in [0.15, 0.2) is 16.5 Å². The van der Waals surface area contributed by atoms with Crippen molar-refractivity contribution in [1.82, 2.24) is 9.78 Å². The van der Waals surface area contributed by atoms with E-state index in [0.717, 1.165) is 19.8 Å². The monoisotopic (exact) mass is 318 g/mol. The number of sulfone groups is 1. The van der Waals surface area contributed by atoms with Gasteiger partial charge in [-0.2, -0.15) is 4.68 Å². The zero-order valence-electron chi connectivity index (χ0n) is 11.4. The van der Waals surface area contributed by atoms with E-state index in [0.29, 0.717) is 17.1 Å². The molecule has 1 aromatic heterocycles. The Morgan fingerprint density at radius 2 is 2.10 bits per heavy atom. The van der Waals surface area contributed by atoms with Crippen LogP contribution in [0.1, 0.15) is 37.5 Å². The van der Waals surface area contributed by atoms with E-state index in [2.05, 4.69) is 5.10 Å². The molecule has 1 atom stereocenters. The van der Waals surface area contributed by atoms with Crippen molar-refractivity contribution in [1.29, 1.82) is 0 Å². The van der Waals surface area contributed by atoms with Gasteiger partial charge in [-0.05, 0) is 37.9 Å². The van der Waals surface area contributed by atoms with Crippen LogP contribution in [0.5, 0.6) is 0 Å². The quantitative estimate of drug-likeness (QED) is 0.803. The van der Waals surface area contributed by atoms with Gasteiger partial charge in [-0.25, -0.2) is 8.42 Å². The van der Waals surface area contributed by atoms with E-state index in [-0.39, 0.29) is 17.4 Å². The van der Waals surface area contributed by atoms with Gasteiger partial charge in [-0.3, -0.25) is 0 Å². The summed E-state index contributed by atoms with van der Waals surface area (Å²) in [5, 5.41) is 4.41. The fourth-order valence-corrected chi connectivity index (χ4v) is 4.92. The maximum absolute atomic E-state index is 11.5. The molecular weight excluding hydrogens is 298 g/mol. The molecule has 8 heteroatoms. The molecule has 2 aliphatic rings. The summed E-state index contributed by atoms with van der Waals surface area (Å²) in [6, 6.07) is 0. The Morgan fingerprint density at radius 1 is 1.35 bits per heavy atom. The number of nitrogens with zero attached hydrogens (tertiary/aromatic N) is 2. The second-order valence-electron chi connectivity index (χ2n) is 5.77. The minimum atomic E-state index is -2.92. The lowest BCUT2D eigenvalue weighted by Crippen LogP contribution is -3.12. The molecule has 112 valence electrons. The van der Waals surface area contributed by atoms with Crippen LogP contribution in [-0.2, 0) is 16.5 Å². The minimum absolute atomic E-state index is 0.126. The molecule has 2 fully saturated rings. The molecule has 3 rings (SSSR count). The molecule has 20 heavy (non-hydrogen) atoms. The maximum Gasteiger partial charge on any atom is 0.291 e. The van der Waals surface area contributed by atoms with Crippen molar-refractivity contribution >= 4 is 22.1 Å². The summed E-state index contributed by atoms with van der Waals surface area (Å²) in [4.78, 5) is 1.83. The Hall–Kier alpha value is -0.730. The smallest absolute Gasteiger partial charge is 0.291 e. The Labute approximate surface area is 123 Å². The standard InChI is InChI=1S/C12H19N3O3S2/c16-20(17)7-4-10(8-20)11-13-15(12(19)18-11)9-14-5-2-1-3-6-14/h10H,1-9H2/p+1/t10-/m0/s1. The molecule has 0 radical (unpaired) electrons. The average molecular weight is 318 g/mol. The largest absolute Gasteiger partial charge is 0.413 e. The molecule has 0 amide bonds. The SMILES string of the molecule is O=S1(=O)CC[C@H](c2nn(C[NH+]3CCCCC3)c(=S)o2)C1. The van der Waals surface area contributed by atoms with Crippen LogP contribution in [0.25, 0.3) is 0 Å². The van der Waals surface area contributed by atoms with Gasteiger partial charge in [0.2, 0.25) is 5.89 Å². The number of hydrogen-bond acceptors (Lipinski definition) is 5. The van der Waals surface area contributed by atoms with E-state index < -0.39 is 9.84 Å². The van der Waals surface area contributed by atoms with Gasteiger partial charge in [0.25, 0.3) is 4.84 Å². The number of nitrogens with one attached hydrogen (secondary N) is 1. The molecule has 6 nitrogen and oxygen atoms in total. The predicted molar refractivity (Wildman–Crippen MR) is 75.9 cm³/mol. The van der Waals surface area contributed by atoms with Crippen molar-refractivity contribution in [3.63, 3.8) is 0 Å². The molecule has 1 N–H and O–H groups in total. The third-order valence-electron chi connectivity index (χ3n) is 4.14. The van der Waals surface area contributed by atoms with Crippen molar-refractivity contribution in [3.8, 4) is 0 Å². The minimum Gasteiger partial charge on any atom is -0.413 e. The normalized spacial score (nSPS) is 26.9. The summed E-state index contributed by atoms with van der Waals surface area (Å²) in [6.45, 7) is 3.01. The van der Waals surface area contributed by atoms with Crippen molar-refractivity contribution in [2.24, 2.45) is 0 Å². The number of piperidine rings is 1. The van der Waals surface area contributed by atoms with Gasteiger partial charge in [-0.1, -0.05) is 0 Å². The molecule has 0 aromatic carbocycles. The Kier molecular flexibility index (Phi) is 3.96. The number of hydrogen-bond donors (Lipinski definition) is 1. The van der Waals surface area contributed by atoms with Crippen molar-refractivity contribution in [2.45, 2.75) is 38.3 Å². The maximum atomic E-state index is 11.5. The van der Waals surface area contributed by atoms with E-state index in [1.54, 1.807) is 4.68 Å². The van der Waals surface area contributed by atoms with E-state index >= 15 is 0 Å². The number of quaternary nitrogens is 1. The van der Waals surface area contributed by atoms with Crippen LogP contribution in [0.2, 0.25) is 0 Å². The first-order chi connectivity index (χ1) is 9.53. The first-order valence-electron chi connectivity index (χ1n) is 7.15. The van der Waals surface area contributed by atoms with Crippen LogP contribution in [-0.4, -0.2) is 42.8 Å². The third-order valence-corrected chi connectivity index (χ3v) is 6.20. The fraction of sp³-hybridized carbons (Fsp3) is 0.833. The van der Waals surface area contributed by atoms with Crippen LogP contribution in [0.4, 0.5) is 0 Å². The lowest BCUT2D eigenvalue weighted by molar-refractivity contribution is -0.928. The summed E-state index contributed by atoms with van der Waals surface area (Å²) in [7, 11) is -2.92. The summed E-state index contributed by atoms with van der Waals surface area (Å²) >= 11 is 5.20. The van der Waals surface area contributed by atoms with E-state index in [4.69, 9.17) is 16.6 Å². The highest BCUT2D eigenvalue weighted by Crippen LogP contribution is 2.27. The molecule has 0 aliphatic carbocycles. The zero-order valence-corrected chi connectivity index (χ0v) is 13.0. The van der Waals surface area contributed by atoms with Gasteiger partial charge in [0, 0.05) is 0 Å². The summed E-state index contributed by atoms with van der Waals surface area (Å²) < 4.78 is 30.3. The Morgan fingerprint density at radius 3 is 2.75 bits per heavy atom. The first kappa shape index (κ1) is 14.2. The van der Waals surface area contributed by atoms with Crippen molar-refractivity contribution in [2.75, 3.05) is 24.6 Å². The fourth-order valence-electron chi connectivity index (χ4n) is 3.00. The second kappa shape index (κ2) is 5.57. The first-order valence-corrected chi connectivity index (χ1v) is 9.38. The van der Waals surface area contributed by atoms with Crippen LogP contribution < -0.4 is 4.90 Å². The average Bonchev–Trinajstić information content (AvgIpc) is 2.95. The molecule has 0 unspecified atom stereocenters. The van der Waals surface area contributed by atoms with E-state index in [1.807, 2.05) is 0 Å². The van der Waals surface area contributed by atoms with Gasteiger partial charge in [-0.15, -0.1) is 5.10 Å². The molecule has 3 heterocycles. The topological polar surface area (TPSA) is 69.5 Å². The summed E-state index contributed by atoms with van der Waals surface area (Å²) in [5.74, 6) is 0.732. The summed E-state index contributed by atoms with van der Waals surface area (Å²) in [5.41, 5.74) is 0. The van der Waals surface area contributed by atoms with E-state index in [9.17, 15) is 8.42 Å². The second-order valence-corrected chi connectivity index (χ2v) is 8.35. The molecule has 0 spiro atoms. The highest BCUT2D eigenvalue weighted by atomic mass is 32.2. The van der Waals surface area contributed by atoms with Crippen LogP contribution in [0.3, 0.4) is 0 Å². The third kappa shape index (κ3) is 3.12. The molecular formula is C12H20N3O3S2+.